The van der Waals surface area contributed by atoms with Crippen LogP contribution in [0.2, 0.25) is 0 Å². The number of hydrogen-bond acceptors (Lipinski definition) is 5. The van der Waals surface area contributed by atoms with E-state index in [2.05, 4.69) is 10.1 Å². The minimum absolute atomic E-state index is 0.0320. The number of aromatic nitrogens is 3. The number of benzene rings is 1. The van der Waals surface area contributed by atoms with Crippen LogP contribution < -0.4 is 16.9 Å². The van der Waals surface area contributed by atoms with Crippen molar-refractivity contribution in [2.24, 2.45) is 12.8 Å². The Morgan fingerprint density at radius 3 is 2.60 bits per heavy atom. The van der Waals surface area contributed by atoms with Gasteiger partial charge < -0.3 is 5.73 Å². The van der Waals surface area contributed by atoms with Crippen LogP contribution in [0, 0.1) is 0 Å². The van der Waals surface area contributed by atoms with E-state index in [1.807, 2.05) is 31.2 Å². The highest BCUT2D eigenvalue weighted by Crippen LogP contribution is 2.25. The van der Waals surface area contributed by atoms with Gasteiger partial charge in [-0.25, -0.2) is 0 Å². The lowest BCUT2D eigenvalue weighted by Gasteiger charge is -2.10. The van der Waals surface area contributed by atoms with Crippen molar-refractivity contribution in [1.82, 2.24) is 14.8 Å². The molecule has 0 fully saturated rings. The zero-order chi connectivity index (χ0) is 14.7. The maximum atomic E-state index is 11.3. The first-order valence-corrected chi connectivity index (χ1v) is 7.03. The molecule has 1 aromatic carbocycles. The van der Waals surface area contributed by atoms with Crippen molar-refractivity contribution in [3.63, 3.8) is 0 Å². The van der Waals surface area contributed by atoms with Crippen LogP contribution in [0.3, 0.4) is 0 Å². The Bertz CT molecular complexity index is 706. The molecule has 0 aliphatic rings. The molecule has 0 aliphatic carbocycles. The Hall–Kier alpha value is -1.86. The maximum absolute atomic E-state index is 11.3. The molecule has 2 aromatic rings. The summed E-state index contributed by atoms with van der Waals surface area (Å²) >= 11 is 1.31. The molecule has 0 amide bonds. The second-order valence-corrected chi connectivity index (χ2v) is 5.43. The lowest BCUT2D eigenvalue weighted by Crippen LogP contribution is -2.33. The van der Waals surface area contributed by atoms with Crippen molar-refractivity contribution in [1.29, 1.82) is 0 Å². The van der Waals surface area contributed by atoms with Crippen molar-refractivity contribution in [3.8, 4) is 0 Å². The summed E-state index contributed by atoms with van der Waals surface area (Å²) in [6.45, 7) is 2.04. The highest BCUT2D eigenvalue weighted by atomic mass is 32.2. The Balaban J connectivity index is 2.24. The van der Waals surface area contributed by atoms with E-state index in [-0.39, 0.29) is 6.04 Å². The van der Waals surface area contributed by atoms with Gasteiger partial charge >= 0.3 is 11.1 Å². The number of rotatable bonds is 4. The normalized spacial score (nSPS) is 12.3. The molecule has 1 atom stereocenters. The Morgan fingerprint density at radius 1 is 1.35 bits per heavy atom. The molecule has 1 aromatic heterocycles. The topological polar surface area (TPSA) is 93.8 Å². The molecule has 0 unspecified atom stereocenters. The highest BCUT2D eigenvalue weighted by Gasteiger charge is 2.07. The first-order valence-electron chi connectivity index (χ1n) is 6.22. The molecule has 0 saturated heterocycles. The maximum Gasteiger partial charge on any atom is 0.339 e. The molecule has 0 spiro atoms. The van der Waals surface area contributed by atoms with Crippen LogP contribution in [0.1, 0.15) is 24.9 Å². The van der Waals surface area contributed by atoms with E-state index in [0.29, 0.717) is 5.16 Å². The fourth-order valence-corrected chi connectivity index (χ4v) is 2.47. The van der Waals surface area contributed by atoms with Crippen LogP contribution in [0.5, 0.6) is 0 Å². The van der Waals surface area contributed by atoms with Crippen molar-refractivity contribution >= 4 is 11.8 Å². The van der Waals surface area contributed by atoms with Crippen LogP contribution >= 0.6 is 11.8 Å². The zero-order valence-corrected chi connectivity index (χ0v) is 12.1. The lowest BCUT2D eigenvalue weighted by atomic mass is 10.1. The van der Waals surface area contributed by atoms with Crippen molar-refractivity contribution in [2.75, 3.05) is 0 Å². The Morgan fingerprint density at radius 2 is 2.00 bits per heavy atom. The Kier molecular flexibility index (Phi) is 4.41. The van der Waals surface area contributed by atoms with Gasteiger partial charge in [-0.15, -0.1) is 0 Å². The second-order valence-electron chi connectivity index (χ2n) is 4.39. The van der Waals surface area contributed by atoms with Gasteiger partial charge in [-0.3, -0.25) is 19.4 Å². The molecular weight excluding hydrogens is 276 g/mol. The molecule has 7 heteroatoms. The summed E-state index contributed by atoms with van der Waals surface area (Å²) in [7, 11) is 1.64. The van der Waals surface area contributed by atoms with E-state index in [0.717, 1.165) is 16.9 Å². The van der Waals surface area contributed by atoms with E-state index in [9.17, 15) is 9.59 Å². The molecule has 0 aliphatic heterocycles. The second kappa shape index (κ2) is 6.06. The third-order valence-corrected chi connectivity index (χ3v) is 3.96. The van der Waals surface area contributed by atoms with E-state index in [1.165, 1.54) is 16.4 Å². The van der Waals surface area contributed by atoms with Gasteiger partial charge in [0, 0.05) is 18.0 Å². The third-order valence-electron chi connectivity index (χ3n) is 2.90. The number of nitrogens with one attached hydrogen (secondary N) is 1. The number of nitrogens with zero attached hydrogens (tertiary/aromatic N) is 2. The summed E-state index contributed by atoms with van der Waals surface area (Å²) in [6.07, 6.45) is 0.877. The summed E-state index contributed by atoms with van der Waals surface area (Å²) in [5.74, 6) is 0. The molecule has 0 saturated carbocycles. The number of aromatic amines is 1. The Labute approximate surface area is 120 Å². The average molecular weight is 292 g/mol. The fraction of sp³-hybridized carbons (Fsp3) is 0.308. The monoisotopic (exact) mass is 292 g/mol. The van der Waals surface area contributed by atoms with Gasteiger partial charge in [-0.05, 0) is 24.1 Å². The summed E-state index contributed by atoms with van der Waals surface area (Å²) in [5, 5.41) is 2.84. The standard InChI is InChI=1S/C13H16N4O2S/c1-3-10(14)8-4-6-9(7-5-8)20-13-15-11(18)12(19)16-17(13)2/h4-7,10H,3,14H2,1-2H3,(H,16,19)/t10-/m1/s1. The van der Waals surface area contributed by atoms with Gasteiger partial charge in [0.25, 0.3) is 0 Å². The number of aryl methyl sites for hydroxylation is 1. The molecule has 3 N–H and O–H groups in total. The summed E-state index contributed by atoms with van der Waals surface area (Å²) in [5.41, 5.74) is 5.52. The minimum Gasteiger partial charge on any atom is -0.324 e. The predicted molar refractivity (Wildman–Crippen MR) is 77.9 cm³/mol. The van der Waals surface area contributed by atoms with Crippen molar-refractivity contribution in [2.45, 2.75) is 29.4 Å². The molecule has 0 radical (unpaired) electrons. The summed E-state index contributed by atoms with van der Waals surface area (Å²) in [4.78, 5) is 27.1. The van der Waals surface area contributed by atoms with E-state index in [1.54, 1.807) is 7.05 Å². The van der Waals surface area contributed by atoms with Gasteiger partial charge in [0.15, 0.2) is 5.16 Å². The molecule has 0 bridgehead atoms. The smallest absolute Gasteiger partial charge is 0.324 e. The van der Waals surface area contributed by atoms with Gasteiger partial charge in [0.05, 0.1) is 0 Å². The molecule has 106 valence electrons. The fourth-order valence-electron chi connectivity index (χ4n) is 1.68. The van der Waals surface area contributed by atoms with Crippen LogP contribution in [0.4, 0.5) is 0 Å². The molecule has 1 heterocycles. The van der Waals surface area contributed by atoms with Crippen LogP contribution in [-0.2, 0) is 7.05 Å². The lowest BCUT2D eigenvalue weighted by molar-refractivity contribution is 0.596. The van der Waals surface area contributed by atoms with Gasteiger partial charge in [-0.2, -0.15) is 4.98 Å². The predicted octanol–water partition coefficient (Wildman–Crippen LogP) is 1.03. The largest absolute Gasteiger partial charge is 0.339 e. The summed E-state index contributed by atoms with van der Waals surface area (Å²) < 4.78 is 1.43. The highest BCUT2D eigenvalue weighted by molar-refractivity contribution is 7.99. The third kappa shape index (κ3) is 3.17. The van der Waals surface area contributed by atoms with Crippen molar-refractivity contribution < 1.29 is 0 Å². The first kappa shape index (κ1) is 14.5. The zero-order valence-electron chi connectivity index (χ0n) is 11.3. The minimum atomic E-state index is -0.782. The van der Waals surface area contributed by atoms with Crippen LogP contribution in [0.25, 0.3) is 0 Å². The molecule has 6 nitrogen and oxygen atoms in total. The van der Waals surface area contributed by atoms with Crippen molar-refractivity contribution in [3.05, 3.63) is 50.5 Å². The van der Waals surface area contributed by atoms with Crippen LogP contribution in [-0.4, -0.2) is 14.8 Å². The quantitative estimate of drug-likeness (QED) is 0.821. The molecule has 20 heavy (non-hydrogen) atoms. The molecule has 2 rings (SSSR count). The first-order chi connectivity index (χ1) is 9.51. The number of hydrogen-bond donors (Lipinski definition) is 2. The average Bonchev–Trinajstić information content (AvgIpc) is 2.44. The van der Waals surface area contributed by atoms with E-state index < -0.39 is 11.1 Å². The van der Waals surface area contributed by atoms with Gasteiger partial charge in [0.2, 0.25) is 0 Å². The molecular formula is C13H16N4O2S. The van der Waals surface area contributed by atoms with Crippen LogP contribution in [0.15, 0.2) is 43.9 Å². The van der Waals surface area contributed by atoms with E-state index in [4.69, 9.17) is 5.73 Å². The SMILES string of the molecule is CC[C@@H](N)c1ccc(Sc2nc(=O)c(=O)[nH]n2C)cc1. The summed E-state index contributed by atoms with van der Waals surface area (Å²) in [6, 6.07) is 7.80. The number of nitrogens with two attached hydrogens (primary N) is 1. The van der Waals surface area contributed by atoms with Gasteiger partial charge in [-0.1, -0.05) is 30.8 Å². The van der Waals surface area contributed by atoms with E-state index >= 15 is 0 Å². The van der Waals surface area contributed by atoms with Gasteiger partial charge in [0.1, 0.15) is 0 Å². The number of H-pyrrole nitrogens is 1.